The van der Waals surface area contributed by atoms with Crippen LogP contribution in [0.3, 0.4) is 0 Å². The minimum Gasteiger partial charge on any atom is -0.481 e. The fourth-order valence-electron chi connectivity index (χ4n) is 1.85. The van der Waals surface area contributed by atoms with Crippen molar-refractivity contribution < 1.29 is 14.8 Å². The van der Waals surface area contributed by atoms with Gasteiger partial charge in [0, 0.05) is 17.1 Å². The number of aromatic nitrogens is 2. The molecule has 0 saturated heterocycles. The first-order valence-corrected chi connectivity index (χ1v) is 6.97. The fourth-order valence-corrected chi connectivity index (χ4v) is 2.74. The lowest BCUT2D eigenvalue weighted by Crippen LogP contribution is -2.06. The first-order chi connectivity index (χ1) is 9.49. The van der Waals surface area contributed by atoms with Crippen LogP contribution in [0.2, 0.25) is 0 Å². The van der Waals surface area contributed by atoms with Gasteiger partial charge >= 0.3 is 11.8 Å². The van der Waals surface area contributed by atoms with E-state index in [0.717, 1.165) is 0 Å². The largest absolute Gasteiger partial charge is 0.481 e. The molecule has 0 saturated carbocycles. The number of carbonyl (C=O) groups is 1. The van der Waals surface area contributed by atoms with Crippen LogP contribution in [-0.4, -0.2) is 30.6 Å². The van der Waals surface area contributed by atoms with Crippen molar-refractivity contribution in [2.75, 3.05) is 0 Å². The van der Waals surface area contributed by atoms with E-state index in [1.807, 2.05) is 0 Å². The molecule has 20 heavy (non-hydrogen) atoms. The quantitative estimate of drug-likeness (QED) is 0.649. The Balaban J connectivity index is 2.23. The lowest BCUT2D eigenvalue weighted by atomic mass is 10.3. The van der Waals surface area contributed by atoms with Gasteiger partial charge in [0.1, 0.15) is 5.69 Å². The van der Waals surface area contributed by atoms with Crippen molar-refractivity contribution in [2.24, 2.45) is 0 Å². The Bertz CT molecular complexity index is 655. The van der Waals surface area contributed by atoms with E-state index in [2.05, 4.69) is 4.98 Å². The van der Waals surface area contributed by atoms with E-state index >= 15 is 0 Å². The zero-order valence-electron chi connectivity index (χ0n) is 10.7. The summed E-state index contributed by atoms with van der Waals surface area (Å²) in [6.45, 7) is 1.78. The van der Waals surface area contributed by atoms with Crippen LogP contribution in [0.25, 0.3) is 5.65 Å². The van der Waals surface area contributed by atoms with Crippen LogP contribution < -0.4 is 0 Å². The average Bonchev–Trinajstić information content (AvgIpc) is 2.73. The number of hydrogen-bond acceptors (Lipinski definition) is 5. The number of imidazole rings is 1. The molecule has 0 fully saturated rings. The molecule has 1 N–H and O–H groups in total. The summed E-state index contributed by atoms with van der Waals surface area (Å²) in [7, 11) is 0. The number of carboxylic acids is 1. The highest BCUT2D eigenvalue weighted by atomic mass is 32.2. The van der Waals surface area contributed by atoms with Gasteiger partial charge < -0.3 is 15.2 Å². The zero-order valence-corrected chi connectivity index (χ0v) is 11.5. The van der Waals surface area contributed by atoms with Crippen molar-refractivity contribution in [2.45, 2.75) is 24.3 Å². The summed E-state index contributed by atoms with van der Waals surface area (Å²) in [6, 6.07) is 5.16. The number of rotatable bonds is 6. The molecule has 2 aromatic rings. The summed E-state index contributed by atoms with van der Waals surface area (Å²) in [5.41, 5.74) is 0.879. The lowest BCUT2D eigenvalue weighted by Gasteiger charge is -2.06. The molecule has 0 aliphatic carbocycles. The third kappa shape index (κ3) is 3.08. The van der Waals surface area contributed by atoms with Crippen LogP contribution in [0.15, 0.2) is 24.4 Å². The van der Waals surface area contributed by atoms with Crippen molar-refractivity contribution in [1.29, 1.82) is 0 Å². The second kappa shape index (κ2) is 5.91. The highest BCUT2D eigenvalue weighted by molar-refractivity contribution is 7.99. The van der Waals surface area contributed by atoms with Gasteiger partial charge in [-0.1, -0.05) is 13.0 Å². The molecule has 0 spiro atoms. The van der Waals surface area contributed by atoms with Crippen LogP contribution in [-0.2, 0) is 10.5 Å². The predicted molar refractivity (Wildman–Crippen MR) is 74.9 cm³/mol. The Morgan fingerprint density at radius 1 is 1.60 bits per heavy atom. The van der Waals surface area contributed by atoms with Gasteiger partial charge in [0.15, 0.2) is 0 Å². The third-order valence-electron chi connectivity index (χ3n) is 2.71. The van der Waals surface area contributed by atoms with E-state index in [1.165, 1.54) is 16.2 Å². The second-order valence-electron chi connectivity index (χ2n) is 4.29. The van der Waals surface area contributed by atoms with Gasteiger partial charge in [0.25, 0.3) is 0 Å². The van der Waals surface area contributed by atoms with E-state index < -0.39 is 10.9 Å². The molecule has 2 aromatic heterocycles. The van der Waals surface area contributed by atoms with E-state index in [9.17, 15) is 14.9 Å². The minimum absolute atomic E-state index is 0.0197. The first-order valence-electron chi connectivity index (χ1n) is 5.92. The number of pyridine rings is 1. The highest BCUT2D eigenvalue weighted by Crippen LogP contribution is 2.27. The second-order valence-corrected chi connectivity index (χ2v) is 5.71. The molecule has 2 rings (SSSR count). The van der Waals surface area contributed by atoms with Gasteiger partial charge in [-0.05, 0) is 11.0 Å². The molecular formula is C12H13N3O4S. The summed E-state index contributed by atoms with van der Waals surface area (Å²) in [6.07, 6.45) is 1.61. The normalized spacial score (nSPS) is 12.4. The van der Waals surface area contributed by atoms with Crippen LogP contribution in [0, 0.1) is 10.1 Å². The van der Waals surface area contributed by atoms with Crippen LogP contribution in [0.5, 0.6) is 0 Å². The van der Waals surface area contributed by atoms with E-state index in [-0.39, 0.29) is 17.5 Å². The predicted octanol–water partition coefficient (Wildman–Crippen LogP) is 2.34. The Hall–Kier alpha value is -2.09. The van der Waals surface area contributed by atoms with E-state index in [4.69, 9.17) is 5.11 Å². The molecule has 8 heteroatoms. The molecule has 0 amide bonds. The van der Waals surface area contributed by atoms with Crippen LogP contribution >= 0.6 is 11.8 Å². The molecule has 0 aliphatic rings. The van der Waals surface area contributed by atoms with Gasteiger partial charge in [0.05, 0.1) is 12.6 Å². The molecule has 106 valence electrons. The topological polar surface area (TPSA) is 97.7 Å². The zero-order chi connectivity index (χ0) is 14.7. The number of carboxylic acid groups (broad SMARTS) is 1. The van der Waals surface area contributed by atoms with E-state index in [1.54, 1.807) is 31.3 Å². The molecule has 0 bridgehead atoms. The minimum atomic E-state index is -0.880. The standard InChI is InChI=1S/C12H13N3O4S/c1-8(6-11(16)17)20-7-9-12(15(18)19)14-5-3-2-4-10(14)13-9/h2-5,8H,6-7H2,1H3,(H,16,17). The summed E-state index contributed by atoms with van der Waals surface area (Å²) in [5.74, 6) is -0.628. The maximum atomic E-state index is 11.2. The molecule has 0 aliphatic heterocycles. The molecule has 1 atom stereocenters. The Labute approximate surface area is 118 Å². The number of nitro groups is 1. The van der Waals surface area contributed by atoms with Crippen molar-refractivity contribution in [3.05, 3.63) is 40.2 Å². The first kappa shape index (κ1) is 14.3. The summed E-state index contributed by atoms with van der Waals surface area (Å²) >= 11 is 1.34. The number of thioether (sulfide) groups is 1. The molecule has 0 radical (unpaired) electrons. The van der Waals surface area contributed by atoms with Crippen molar-refractivity contribution >= 4 is 29.2 Å². The number of nitrogens with zero attached hydrogens (tertiary/aromatic N) is 3. The molecule has 7 nitrogen and oxygen atoms in total. The fraction of sp³-hybridized carbons (Fsp3) is 0.333. The van der Waals surface area contributed by atoms with Crippen molar-refractivity contribution in [3.63, 3.8) is 0 Å². The Morgan fingerprint density at radius 2 is 2.35 bits per heavy atom. The van der Waals surface area contributed by atoms with Gasteiger partial charge in [-0.3, -0.25) is 4.79 Å². The maximum Gasteiger partial charge on any atom is 0.351 e. The molecule has 0 aromatic carbocycles. The molecule has 1 unspecified atom stereocenters. The van der Waals surface area contributed by atoms with Gasteiger partial charge in [-0.25, -0.2) is 4.98 Å². The van der Waals surface area contributed by atoms with Crippen molar-refractivity contribution in [1.82, 2.24) is 9.38 Å². The van der Waals surface area contributed by atoms with Crippen molar-refractivity contribution in [3.8, 4) is 0 Å². The van der Waals surface area contributed by atoms with Crippen LogP contribution in [0.1, 0.15) is 19.0 Å². The number of hydrogen-bond donors (Lipinski definition) is 1. The smallest absolute Gasteiger partial charge is 0.351 e. The van der Waals surface area contributed by atoms with Gasteiger partial charge in [-0.15, -0.1) is 0 Å². The summed E-state index contributed by atoms with van der Waals surface area (Å²) < 4.78 is 1.43. The number of fused-ring (bicyclic) bond motifs is 1. The Kier molecular flexibility index (Phi) is 4.23. The average molecular weight is 295 g/mol. The van der Waals surface area contributed by atoms with Gasteiger partial charge in [0.2, 0.25) is 5.65 Å². The summed E-state index contributed by atoms with van der Waals surface area (Å²) in [5, 5.41) is 19.7. The molecule has 2 heterocycles. The monoisotopic (exact) mass is 295 g/mol. The lowest BCUT2D eigenvalue weighted by molar-refractivity contribution is -0.391. The van der Waals surface area contributed by atoms with Crippen LogP contribution in [0.4, 0.5) is 5.82 Å². The van der Waals surface area contributed by atoms with Gasteiger partial charge in [-0.2, -0.15) is 16.2 Å². The number of aliphatic carboxylic acids is 1. The summed E-state index contributed by atoms with van der Waals surface area (Å²) in [4.78, 5) is 25.5. The SMILES string of the molecule is CC(CC(=O)O)SCc1nc2ccccn2c1[N+](=O)[O-]. The third-order valence-corrected chi connectivity index (χ3v) is 3.89. The molecular weight excluding hydrogens is 282 g/mol. The van der Waals surface area contributed by atoms with E-state index in [0.29, 0.717) is 17.1 Å². The Morgan fingerprint density at radius 3 is 3.00 bits per heavy atom. The highest BCUT2D eigenvalue weighted by Gasteiger charge is 2.22. The maximum absolute atomic E-state index is 11.2.